The predicted octanol–water partition coefficient (Wildman–Crippen LogP) is 1.99. The van der Waals surface area contributed by atoms with Crippen LogP contribution in [0.15, 0.2) is 0 Å². The number of nitrogens with zero attached hydrogens (tertiary/aromatic N) is 1. The molecule has 0 radical (unpaired) electrons. The van der Waals surface area contributed by atoms with Crippen LogP contribution in [0.3, 0.4) is 0 Å². The second-order valence-electron chi connectivity index (χ2n) is 6.95. The average molecular weight is 242 g/mol. The summed E-state index contributed by atoms with van der Waals surface area (Å²) >= 11 is 0. The summed E-state index contributed by atoms with van der Waals surface area (Å²) in [5, 5.41) is 10.2. The molecular formula is C14H30N2O. The molecule has 1 aliphatic heterocycles. The van der Waals surface area contributed by atoms with E-state index >= 15 is 0 Å². The van der Waals surface area contributed by atoms with Crippen LogP contribution in [-0.4, -0.2) is 40.8 Å². The highest BCUT2D eigenvalue weighted by atomic mass is 16.3. The Morgan fingerprint density at radius 1 is 1.41 bits per heavy atom. The summed E-state index contributed by atoms with van der Waals surface area (Å²) in [6.07, 6.45) is 2.96. The van der Waals surface area contributed by atoms with E-state index in [1.165, 1.54) is 0 Å². The molecule has 3 unspecified atom stereocenters. The van der Waals surface area contributed by atoms with Gasteiger partial charge in [0.15, 0.2) is 0 Å². The first-order valence-corrected chi connectivity index (χ1v) is 6.89. The molecule has 1 aliphatic rings. The van der Waals surface area contributed by atoms with Crippen molar-refractivity contribution in [3.05, 3.63) is 0 Å². The second-order valence-corrected chi connectivity index (χ2v) is 6.95. The Labute approximate surface area is 106 Å². The maximum absolute atomic E-state index is 10.2. The topological polar surface area (TPSA) is 49.5 Å². The van der Waals surface area contributed by atoms with Gasteiger partial charge in [-0.15, -0.1) is 0 Å². The SMILES string of the molecule is CCC(N)C(N1CCCC(C)(O)C1)C(C)(C)C. The van der Waals surface area contributed by atoms with Crippen molar-refractivity contribution in [1.29, 1.82) is 0 Å². The van der Waals surface area contributed by atoms with E-state index in [1.54, 1.807) is 0 Å². The molecule has 102 valence electrons. The average Bonchev–Trinajstić information content (AvgIpc) is 2.13. The minimum Gasteiger partial charge on any atom is -0.389 e. The molecule has 3 heteroatoms. The Bertz CT molecular complexity index is 245. The van der Waals surface area contributed by atoms with Crippen molar-refractivity contribution in [2.24, 2.45) is 11.1 Å². The van der Waals surface area contributed by atoms with E-state index in [4.69, 9.17) is 5.73 Å². The minimum atomic E-state index is -0.546. The third kappa shape index (κ3) is 3.94. The van der Waals surface area contributed by atoms with Crippen molar-refractivity contribution in [3.63, 3.8) is 0 Å². The lowest BCUT2D eigenvalue weighted by Crippen LogP contribution is -2.60. The van der Waals surface area contributed by atoms with E-state index in [0.717, 1.165) is 32.4 Å². The van der Waals surface area contributed by atoms with Gasteiger partial charge in [-0.1, -0.05) is 27.7 Å². The highest BCUT2D eigenvalue weighted by Crippen LogP contribution is 2.32. The molecule has 3 nitrogen and oxygen atoms in total. The number of β-amino-alcohol motifs (C(OH)–C–C–N with tert-alkyl or cyclic N) is 1. The van der Waals surface area contributed by atoms with Gasteiger partial charge in [0.25, 0.3) is 0 Å². The van der Waals surface area contributed by atoms with Crippen LogP contribution < -0.4 is 5.73 Å². The lowest BCUT2D eigenvalue weighted by Gasteiger charge is -2.48. The maximum atomic E-state index is 10.2. The molecule has 0 spiro atoms. The van der Waals surface area contributed by atoms with Crippen LogP contribution in [0, 0.1) is 5.41 Å². The first-order valence-electron chi connectivity index (χ1n) is 6.89. The minimum absolute atomic E-state index is 0.156. The van der Waals surface area contributed by atoms with E-state index in [9.17, 15) is 5.11 Å². The van der Waals surface area contributed by atoms with Crippen LogP contribution in [0.4, 0.5) is 0 Å². The lowest BCUT2D eigenvalue weighted by atomic mass is 9.78. The largest absolute Gasteiger partial charge is 0.389 e. The summed E-state index contributed by atoms with van der Waals surface area (Å²) in [6.45, 7) is 12.6. The normalized spacial score (nSPS) is 31.2. The molecule has 0 bridgehead atoms. The summed E-state index contributed by atoms with van der Waals surface area (Å²) in [7, 11) is 0. The van der Waals surface area contributed by atoms with Crippen molar-refractivity contribution in [2.75, 3.05) is 13.1 Å². The number of nitrogens with two attached hydrogens (primary N) is 1. The molecule has 0 aromatic heterocycles. The zero-order valence-electron chi connectivity index (χ0n) is 12.2. The fraction of sp³-hybridized carbons (Fsp3) is 1.00. The number of piperidine rings is 1. The quantitative estimate of drug-likeness (QED) is 0.795. The molecule has 0 saturated carbocycles. The Morgan fingerprint density at radius 2 is 2.00 bits per heavy atom. The van der Waals surface area contributed by atoms with Crippen LogP contribution in [0.5, 0.6) is 0 Å². The highest BCUT2D eigenvalue weighted by Gasteiger charge is 2.39. The zero-order valence-corrected chi connectivity index (χ0v) is 12.2. The van der Waals surface area contributed by atoms with Gasteiger partial charge in [-0.25, -0.2) is 0 Å². The maximum Gasteiger partial charge on any atom is 0.0746 e. The van der Waals surface area contributed by atoms with E-state index < -0.39 is 5.60 Å². The molecule has 3 N–H and O–H groups in total. The highest BCUT2D eigenvalue weighted by molar-refractivity contribution is 4.95. The smallest absolute Gasteiger partial charge is 0.0746 e. The summed E-state index contributed by atoms with van der Waals surface area (Å²) in [4.78, 5) is 2.40. The standard InChI is InChI=1S/C14H30N2O/c1-6-11(15)12(13(2,3)4)16-9-7-8-14(5,17)10-16/h11-12,17H,6-10,15H2,1-5H3. The first-order chi connectivity index (χ1) is 7.67. The second kappa shape index (κ2) is 5.25. The zero-order chi connectivity index (χ0) is 13.3. The van der Waals surface area contributed by atoms with Crippen molar-refractivity contribution in [1.82, 2.24) is 4.90 Å². The predicted molar refractivity (Wildman–Crippen MR) is 72.9 cm³/mol. The molecule has 1 heterocycles. The Hall–Kier alpha value is -0.120. The summed E-state index contributed by atoms with van der Waals surface area (Å²) in [5.74, 6) is 0. The fourth-order valence-electron chi connectivity index (χ4n) is 3.18. The molecule has 0 aromatic carbocycles. The summed E-state index contributed by atoms with van der Waals surface area (Å²) in [5.41, 5.74) is 5.91. The fourth-order valence-corrected chi connectivity index (χ4v) is 3.18. The van der Waals surface area contributed by atoms with E-state index in [1.807, 2.05) is 6.92 Å². The van der Waals surface area contributed by atoms with Crippen molar-refractivity contribution in [2.45, 2.75) is 71.6 Å². The molecule has 1 rings (SSSR count). The van der Waals surface area contributed by atoms with Gasteiger partial charge in [-0.3, -0.25) is 4.90 Å². The molecular weight excluding hydrogens is 212 g/mol. The first kappa shape index (κ1) is 14.9. The molecule has 0 aliphatic carbocycles. The number of hydrogen-bond acceptors (Lipinski definition) is 3. The molecule has 0 amide bonds. The Morgan fingerprint density at radius 3 is 2.41 bits per heavy atom. The summed E-state index contributed by atoms with van der Waals surface area (Å²) in [6, 6.07) is 0.531. The van der Waals surface area contributed by atoms with Gasteiger partial charge in [0, 0.05) is 18.6 Å². The number of likely N-dealkylation sites (tertiary alicyclic amines) is 1. The van der Waals surface area contributed by atoms with Crippen LogP contribution in [0.1, 0.15) is 53.9 Å². The van der Waals surface area contributed by atoms with E-state index in [2.05, 4.69) is 32.6 Å². The van der Waals surface area contributed by atoms with Gasteiger partial charge < -0.3 is 10.8 Å². The van der Waals surface area contributed by atoms with E-state index in [0.29, 0.717) is 6.04 Å². The molecule has 17 heavy (non-hydrogen) atoms. The lowest BCUT2D eigenvalue weighted by molar-refractivity contribution is -0.0528. The molecule has 0 aromatic rings. The number of rotatable bonds is 3. The van der Waals surface area contributed by atoms with Crippen molar-refractivity contribution < 1.29 is 5.11 Å². The van der Waals surface area contributed by atoms with Gasteiger partial charge in [0.1, 0.15) is 0 Å². The van der Waals surface area contributed by atoms with Gasteiger partial charge in [-0.2, -0.15) is 0 Å². The van der Waals surface area contributed by atoms with Crippen molar-refractivity contribution >= 4 is 0 Å². The molecule has 1 fully saturated rings. The number of hydrogen-bond donors (Lipinski definition) is 2. The molecule has 1 saturated heterocycles. The van der Waals surface area contributed by atoms with Gasteiger partial charge >= 0.3 is 0 Å². The van der Waals surface area contributed by atoms with Gasteiger partial charge in [-0.05, 0) is 38.1 Å². The summed E-state index contributed by atoms with van der Waals surface area (Å²) < 4.78 is 0. The van der Waals surface area contributed by atoms with Crippen LogP contribution in [0.25, 0.3) is 0 Å². The monoisotopic (exact) mass is 242 g/mol. The third-order valence-corrected chi connectivity index (χ3v) is 3.86. The van der Waals surface area contributed by atoms with Crippen LogP contribution in [-0.2, 0) is 0 Å². The molecule has 3 atom stereocenters. The Balaban J connectivity index is 2.83. The number of aliphatic hydroxyl groups is 1. The van der Waals surface area contributed by atoms with Crippen LogP contribution >= 0.6 is 0 Å². The van der Waals surface area contributed by atoms with Crippen molar-refractivity contribution in [3.8, 4) is 0 Å². The van der Waals surface area contributed by atoms with Gasteiger partial charge in [0.05, 0.1) is 5.60 Å². The van der Waals surface area contributed by atoms with Crippen LogP contribution in [0.2, 0.25) is 0 Å². The Kier molecular flexibility index (Phi) is 4.61. The van der Waals surface area contributed by atoms with E-state index in [-0.39, 0.29) is 11.5 Å². The van der Waals surface area contributed by atoms with Gasteiger partial charge in [0.2, 0.25) is 0 Å². The third-order valence-electron chi connectivity index (χ3n) is 3.86.